The van der Waals surface area contributed by atoms with Crippen LogP contribution in [0.25, 0.3) is 0 Å². The molecule has 6 nitrogen and oxygen atoms in total. The first-order valence-corrected chi connectivity index (χ1v) is 11.6. The summed E-state index contributed by atoms with van der Waals surface area (Å²) in [4.78, 5) is 13.3. The highest BCUT2D eigenvalue weighted by Crippen LogP contribution is 2.36. The summed E-state index contributed by atoms with van der Waals surface area (Å²) in [7, 11) is 0. The van der Waals surface area contributed by atoms with E-state index in [0.717, 1.165) is 22.4 Å². The first kappa shape index (κ1) is 23.5. The molecule has 0 radical (unpaired) electrons. The van der Waals surface area contributed by atoms with E-state index in [4.69, 9.17) is 9.15 Å². The smallest absolute Gasteiger partial charge is 0.277 e. The molecule has 0 aliphatic rings. The summed E-state index contributed by atoms with van der Waals surface area (Å²) < 4.78 is 24.7. The molecule has 8 heteroatoms. The molecule has 1 amide bonds. The maximum absolute atomic E-state index is 13.3. The molecule has 1 heterocycles. The molecule has 0 aliphatic carbocycles. The molecule has 0 spiro atoms. The van der Waals surface area contributed by atoms with Gasteiger partial charge in [0, 0.05) is 5.69 Å². The highest BCUT2D eigenvalue weighted by atomic mass is 32.2. The predicted octanol–water partition coefficient (Wildman–Crippen LogP) is 6.44. The van der Waals surface area contributed by atoms with Gasteiger partial charge in [-0.25, -0.2) is 4.39 Å². The van der Waals surface area contributed by atoms with Crippen LogP contribution in [0.1, 0.15) is 40.9 Å². The molecule has 0 saturated carbocycles. The van der Waals surface area contributed by atoms with Crippen LogP contribution in [0.4, 0.5) is 10.1 Å². The number of anilines is 1. The highest BCUT2D eigenvalue weighted by molar-refractivity contribution is 8.00. The predicted molar refractivity (Wildman–Crippen MR) is 129 cm³/mol. The average Bonchev–Trinajstić information content (AvgIpc) is 3.28. The molecule has 0 aliphatic heterocycles. The quantitative estimate of drug-likeness (QED) is 0.294. The van der Waals surface area contributed by atoms with Gasteiger partial charge in [-0.2, -0.15) is 0 Å². The maximum atomic E-state index is 13.3. The fraction of sp³-hybridized carbons (Fsp3) is 0.192. The zero-order chi connectivity index (χ0) is 24.1. The third-order valence-corrected chi connectivity index (χ3v) is 6.03. The standard InChI is InChI=1S/C26H24FN3O3S/c1-16-13-17(2)15-21(14-16)28-24(31)23(19-7-5-4-6-8-19)34-26-30-29-25(33-26)18(3)32-22-11-9-20(27)10-12-22/h4-15,18,23H,1-3H3,(H,28,31)/t18-,23-/m0/s1. The second-order valence-electron chi connectivity index (χ2n) is 7.89. The molecule has 0 fully saturated rings. The van der Waals surface area contributed by atoms with Crippen LogP contribution in [0.15, 0.2) is 82.4 Å². The van der Waals surface area contributed by atoms with Gasteiger partial charge < -0.3 is 14.5 Å². The van der Waals surface area contributed by atoms with E-state index in [9.17, 15) is 9.18 Å². The minimum atomic E-state index is -0.608. The van der Waals surface area contributed by atoms with E-state index in [-0.39, 0.29) is 22.8 Å². The number of ether oxygens (including phenoxy) is 1. The number of thioether (sulfide) groups is 1. The Morgan fingerprint density at radius 1 is 1.00 bits per heavy atom. The summed E-state index contributed by atoms with van der Waals surface area (Å²) in [6.45, 7) is 5.73. The van der Waals surface area contributed by atoms with Gasteiger partial charge in [0.05, 0.1) is 0 Å². The van der Waals surface area contributed by atoms with Crippen LogP contribution in [0.5, 0.6) is 5.75 Å². The number of aryl methyl sites for hydroxylation is 2. The number of halogens is 1. The van der Waals surface area contributed by atoms with Crippen molar-refractivity contribution >= 4 is 23.4 Å². The van der Waals surface area contributed by atoms with Crippen molar-refractivity contribution in [3.63, 3.8) is 0 Å². The summed E-state index contributed by atoms with van der Waals surface area (Å²) >= 11 is 1.17. The molecule has 174 valence electrons. The topological polar surface area (TPSA) is 77.2 Å². The van der Waals surface area contributed by atoms with Crippen molar-refractivity contribution in [2.45, 2.75) is 37.3 Å². The SMILES string of the molecule is Cc1cc(C)cc(NC(=O)[C@@H](Sc2nnc([C@H](C)Oc3ccc(F)cc3)o2)c2ccccc2)c1. The maximum Gasteiger partial charge on any atom is 0.277 e. The molecule has 4 rings (SSSR count). The van der Waals surface area contributed by atoms with Crippen LogP contribution in [-0.4, -0.2) is 16.1 Å². The first-order chi connectivity index (χ1) is 16.4. The van der Waals surface area contributed by atoms with Crippen LogP contribution < -0.4 is 10.1 Å². The van der Waals surface area contributed by atoms with Gasteiger partial charge in [0.25, 0.3) is 11.1 Å². The van der Waals surface area contributed by atoms with Gasteiger partial charge in [0.1, 0.15) is 16.8 Å². The Morgan fingerprint density at radius 3 is 2.35 bits per heavy atom. The Hall–Kier alpha value is -3.65. The lowest BCUT2D eigenvalue weighted by Gasteiger charge is -2.16. The molecule has 2 atom stereocenters. The minimum Gasteiger partial charge on any atom is -0.481 e. The van der Waals surface area contributed by atoms with Gasteiger partial charge in [0.2, 0.25) is 5.91 Å². The number of hydrogen-bond donors (Lipinski definition) is 1. The van der Waals surface area contributed by atoms with Crippen LogP contribution in [0.3, 0.4) is 0 Å². The Balaban J connectivity index is 1.51. The van der Waals surface area contributed by atoms with Crippen LogP contribution in [0, 0.1) is 19.7 Å². The third kappa shape index (κ3) is 6.02. The van der Waals surface area contributed by atoms with Crippen molar-refractivity contribution in [1.29, 1.82) is 0 Å². The van der Waals surface area contributed by atoms with Crippen molar-refractivity contribution in [2.24, 2.45) is 0 Å². The molecular weight excluding hydrogens is 453 g/mol. The summed E-state index contributed by atoms with van der Waals surface area (Å²) in [6.07, 6.45) is -0.549. The highest BCUT2D eigenvalue weighted by Gasteiger charge is 2.26. The van der Waals surface area contributed by atoms with Crippen LogP contribution in [-0.2, 0) is 4.79 Å². The second kappa shape index (κ2) is 10.5. The Morgan fingerprint density at radius 2 is 1.68 bits per heavy atom. The summed E-state index contributed by atoms with van der Waals surface area (Å²) in [5.74, 6) is 0.198. The molecule has 0 bridgehead atoms. The Labute approximate surface area is 201 Å². The molecule has 0 saturated heterocycles. The van der Waals surface area contributed by atoms with Crippen molar-refractivity contribution in [1.82, 2.24) is 10.2 Å². The number of hydrogen-bond acceptors (Lipinski definition) is 6. The van der Waals surface area contributed by atoms with Gasteiger partial charge in [-0.3, -0.25) is 4.79 Å². The zero-order valence-electron chi connectivity index (χ0n) is 19.0. The fourth-order valence-electron chi connectivity index (χ4n) is 3.46. The van der Waals surface area contributed by atoms with E-state index in [1.165, 1.54) is 36.0 Å². The number of benzene rings is 3. The van der Waals surface area contributed by atoms with E-state index in [0.29, 0.717) is 5.75 Å². The van der Waals surface area contributed by atoms with Crippen LogP contribution in [0.2, 0.25) is 0 Å². The number of carbonyl (C=O) groups is 1. The zero-order valence-corrected chi connectivity index (χ0v) is 19.8. The molecule has 0 unspecified atom stereocenters. The number of carbonyl (C=O) groups excluding carboxylic acids is 1. The Kier molecular flexibility index (Phi) is 7.27. The fourth-order valence-corrected chi connectivity index (χ4v) is 4.34. The van der Waals surface area contributed by atoms with Crippen LogP contribution >= 0.6 is 11.8 Å². The number of nitrogens with zero attached hydrogens (tertiary/aromatic N) is 2. The number of rotatable bonds is 8. The van der Waals surface area contributed by atoms with Gasteiger partial charge in [-0.15, -0.1) is 10.2 Å². The van der Waals surface area contributed by atoms with Crippen molar-refractivity contribution in [2.75, 3.05) is 5.32 Å². The van der Waals surface area contributed by atoms with E-state index in [2.05, 4.69) is 15.5 Å². The molecule has 34 heavy (non-hydrogen) atoms. The number of nitrogens with one attached hydrogen (secondary N) is 1. The lowest BCUT2D eigenvalue weighted by atomic mass is 10.1. The molecule has 1 aromatic heterocycles. The molecule has 4 aromatic rings. The molecular formula is C26H24FN3O3S. The van der Waals surface area contributed by atoms with Crippen molar-refractivity contribution in [3.05, 3.63) is 101 Å². The third-order valence-electron chi connectivity index (χ3n) is 4.94. The van der Waals surface area contributed by atoms with E-state index in [1.807, 2.05) is 62.4 Å². The monoisotopic (exact) mass is 477 g/mol. The largest absolute Gasteiger partial charge is 0.481 e. The van der Waals surface area contributed by atoms with Crippen molar-refractivity contribution in [3.8, 4) is 5.75 Å². The van der Waals surface area contributed by atoms with E-state index in [1.54, 1.807) is 6.92 Å². The molecule has 3 aromatic carbocycles. The second-order valence-corrected chi connectivity index (χ2v) is 8.95. The normalized spacial score (nSPS) is 12.7. The molecule has 1 N–H and O–H groups in total. The summed E-state index contributed by atoms with van der Waals surface area (Å²) in [5, 5.41) is 10.8. The van der Waals surface area contributed by atoms with Gasteiger partial charge in [-0.05, 0) is 85.6 Å². The lowest BCUT2D eigenvalue weighted by molar-refractivity contribution is -0.115. The Bertz CT molecular complexity index is 1240. The van der Waals surface area contributed by atoms with Gasteiger partial charge >= 0.3 is 0 Å². The minimum absolute atomic E-state index is 0.198. The lowest BCUT2D eigenvalue weighted by Crippen LogP contribution is -2.19. The van der Waals surface area contributed by atoms with Gasteiger partial charge in [0.15, 0.2) is 6.10 Å². The van der Waals surface area contributed by atoms with Crippen molar-refractivity contribution < 1.29 is 18.3 Å². The first-order valence-electron chi connectivity index (χ1n) is 10.7. The van der Waals surface area contributed by atoms with Gasteiger partial charge in [-0.1, -0.05) is 36.4 Å². The number of amides is 1. The van der Waals surface area contributed by atoms with E-state index < -0.39 is 11.4 Å². The summed E-state index contributed by atoms with van der Waals surface area (Å²) in [5.41, 5.74) is 3.67. The summed E-state index contributed by atoms with van der Waals surface area (Å²) in [6, 6.07) is 21.0. The van der Waals surface area contributed by atoms with E-state index >= 15 is 0 Å². The average molecular weight is 478 g/mol. The number of aromatic nitrogens is 2.